The lowest BCUT2D eigenvalue weighted by Crippen LogP contribution is -2.42. The molecule has 8 nitrogen and oxygen atoms in total. The molecule has 0 fully saturated rings. The highest BCUT2D eigenvalue weighted by molar-refractivity contribution is 9.11. The van der Waals surface area contributed by atoms with E-state index in [-0.39, 0.29) is 18.5 Å². The Morgan fingerprint density at radius 1 is 1.24 bits per heavy atom. The topological polar surface area (TPSA) is 90.9 Å². The summed E-state index contributed by atoms with van der Waals surface area (Å²) in [5, 5.41) is 17.5. The SMILES string of the molecule is Cc1ncn(-c2ccc(N=C3NC(Br)=CN4CC(c5ccc(F)cc5C)N=C34)cc2CO)n1. The van der Waals surface area contributed by atoms with Gasteiger partial charge in [-0.2, -0.15) is 5.10 Å². The summed E-state index contributed by atoms with van der Waals surface area (Å²) in [6, 6.07) is 10.2. The zero-order valence-corrected chi connectivity index (χ0v) is 19.6. The van der Waals surface area contributed by atoms with Gasteiger partial charge >= 0.3 is 0 Å². The number of nitrogens with zero attached hydrogens (tertiary/aromatic N) is 6. The molecule has 0 saturated carbocycles. The average Bonchev–Trinajstić information content (AvgIpc) is 3.40. The van der Waals surface area contributed by atoms with E-state index in [1.165, 1.54) is 12.1 Å². The van der Waals surface area contributed by atoms with Crippen LogP contribution >= 0.6 is 15.9 Å². The molecule has 33 heavy (non-hydrogen) atoms. The Morgan fingerprint density at radius 3 is 2.82 bits per heavy atom. The van der Waals surface area contributed by atoms with Gasteiger partial charge in [0.25, 0.3) is 0 Å². The fourth-order valence-corrected chi connectivity index (χ4v) is 4.46. The maximum Gasteiger partial charge on any atom is 0.174 e. The third-order valence-corrected chi connectivity index (χ3v) is 5.96. The Hall–Kier alpha value is -3.37. The van der Waals surface area contributed by atoms with Gasteiger partial charge in [-0.1, -0.05) is 6.07 Å². The summed E-state index contributed by atoms with van der Waals surface area (Å²) in [7, 11) is 0. The van der Waals surface area contributed by atoms with E-state index in [1.54, 1.807) is 17.1 Å². The van der Waals surface area contributed by atoms with Crippen molar-refractivity contribution in [2.45, 2.75) is 26.5 Å². The molecule has 2 N–H and O–H groups in total. The molecule has 3 heterocycles. The molecular formula is C23H21BrFN7O. The van der Waals surface area contributed by atoms with Crippen molar-refractivity contribution in [2.75, 3.05) is 6.54 Å². The third-order valence-electron chi connectivity index (χ3n) is 5.56. The Balaban J connectivity index is 1.50. The molecular weight excluding hydrogens is 489 g/mol. The van der Waals surface area contributed by atoms with Crippen LogP contribution in [-0.4, -0.2) is 43.0 Å². The zero-order valence-electron chi connectivity index (χ0n) is 18.0. The molecule has 0 amide bonds. The second-order valence-corrected chi connectivity index (χ2v) is 8.75. The summed E-state index contributed by atoms with van der Waals surface area (Å²) < 4.78 is 16.0. The molecule has 0 saturated heterocycles. The summed E-state index contributed by atoms with van der Waals surface area (Å²) in [5.41, 5.74) is 3.93. The van der Waals surface area contributed by atoms with Crippen LogP contribution in [0.4, 0.5) is 10.1 Å². The van der Waals surface area contributed by atoms with Crippen LogP contribution in [0.2, 0.25) is 0 Å². The van der Waals surface area contributed by atoms with Gasteiger partial charge in [0.15, 0.2) is 11.7 Å². The molecule has 1 atom stereocenters. The molecule has 1 aromatic heterocycles. The molecule has 0 bridgehead atoms. The summed E-state index contributed by atoms with van der Waals surface area (Å²) >= 11 is 3.52. The lowest BCUT2D eigenvalue weighted by Gasteiger charge is -2.24. The number of aliphatic imine (C=N–C) groups is 2. The first-order valence-corrected chi connectivity index (χ1v) is 11.2. The lowest BCUT2D eigenvalue weighted by atomic mass is 10.0. The van der Waals surface area contributed by atoms with Crippen molar-refractivity contribution in [1.82, 2.24) is 25.0 Å². The van der Waals surface area contributed by atoms with Crippen molar-refractivity contribution < 1.29 is 9.50 Å². The maximum absolute atomic E-state index is 13.6. The van der Waals surface area contributed by atoms with E-state index in [4.69, 9.17) is 9.98 Å². The minimum atomic E-state index is -0.254. The van der Waals surface area contributed by atoms with E-state index in [1.807, 2.05) is 43.1 Å². The van der Waals surface area contributed by atoms with Crippen molar-refractivity contribution in [3.05, 3.63) is 81.9 Å². The number of rotatable bonds is 4. The number of hydrogen-bond donors (Lipinski definition) is 2. The average molecular weight is 510 g/mol. The van der Waals surface area contributed by atoms with Crippen LogP contribution in [0.1, 0.15) is 28.6 Å². The number of hydrogen-bond acceptors (Lipinski definition) is 6. The highest BCUT2D eigenvalue weighted by Gasteiger charge is 2.32. The summed E-state index contributed by atoms with van der Waals surface area (Å²) in [5.74, 6) is 1.68. The fraction of sp³-hybridized carbons (Fsp3) is 0.217. The first-order chi connectivity index (χ1) is 15.9. The van der Waals surface area contributed by atoms with Crippen LogP contribution < -0.4 is 5.32 Å². The van der Waals surface area contributed by atoms with E-state index in [9.17, 15) is 9.50 Å². The summed E-state index contributed by atoms with van der Waals surface area (Å²) in [6.07, 6.45) is 3.54. The number of aromatic nitrogens is 3. The van der Waals surface area contributed by atoms with Gasteiger partial charge in [0.1, 0.15) is 22.6 Å². The van der Waals surface area contributed by atoms with Crippen molar-refractivity contribution in [1.29, 1.82) is 0 Å². The first-order valence-electron chi connectivity index (χ1n) is 10.4. The molecule has 2 aliphatic rings. The Bertz CT molecular complexity index is 1330. The number of nitrogens with one attached hydrogen (secondary N) is 1. The number of fused-ring (bicyclic) bond motifs is 1. The first kappa shape index (κ1) is 21.5. The van der Waals surface area contributed by atoms with E-state index < -0.39 is 0 Å². The van der Waals surface area contributed by atoms with Gasteiger partial charge in [0.05, 0.1) is 30.6 Å². The van der Waals surface area contributed by atoms with Crippen LogP contribution in [0.25, 0.3) is 5.69 Å². The lowest BCUT2D eigenvalue weighted by molar-refractivity contribution is 0.281. The second kappa shape index (κ2) is 8.53. The molecule has 2 aliphatic heterocycles. The van der Waals surface area contributed by atoms with Gasteiger partial charge in [-0.15, -0.1) is 0 Å². The Labute approximate surface area is 198 Å². The van der Waals surface area contributed by atoms with E-state index in [0.29, 0.717) is 35.3 Å². The summed E-state index contributed by atoms with van der Waals surface area (Å²) in [6.45, 7) is 4.17. The van der Waals surface area contributed by atoms with Crippen molar-refractivity contribution in [2.24, 2.45) is 9.98 Å². The number of benzene rings is 2. The van der Waals surface area contributed by atoms with Crippen LogP contribution in [0, 0.1) is 19.7 Å². The predicted molar refractivity (Wildman–Crippen MR) is 127 cm³/mol. The molecule has 0 radical (unpaired) electrons. The molecule has 1 unspecified atom stereocenters. The van der Waals surface area contributed by atoms with E-state index >= 15 is 0 Å². The standard InChI is InChI=1S/C23H21BrFN7O/c1-13-7-16(25)3-5-18(13)19-9-31-10-21(24)29-22(23(31)28-19)27-17-4-6-20(15(8-17)11-33)32-12-26-14(2)30-32/h3-8,10,12,19,33H,9,11H2,1-2H3,(H,27,29). The molecule has 10 heteroatoms. The monoisotopic (exact) mass is 509 g/mol. The number of aliphatic hydroxyl groups excluding tert-OH is 1. The van der Waals surface area contributed by atoms with Gasteiger partial charge in [-0.3, -0.25) is 4.99 Å². The minimum Gasteiger partial charge on any atom is -0.392 e. The molecule has 168 valence electrons. The van der Waals surface area contributed by atoms with Crippen LogP contribution in [-0.2, 0) is 6.61 Å². The van der Waals surface area contributed by atoms with Crippen LogP contribution in [0.5, 0.6) is 0 Å². The van der Waals surface area contributed by atoms with Crippen LogP contribution in [0.15, 0.2) is 63.5 Å². The number of halogens is 2. The van der Waals surface area contributed by atoms with E-state index in [2.05, 4.69) is 31.3 Å². The highest BCUT2D eigenvalue weighted by atomic mass is 79.9. The third kappa shape index (κ3) is 4.19. The molecule has 0 spiro atoms. The van der Waals surface area contributed by atoms with E-state index in [0.717, 1.165) is 21.4 Å². The maximum atomic E-state index is 13.6. The van der Waals surface area contributed by atoms with Gasteiger partial charge in [0.2, 0.25) is 0 Å². The van der Waals surface area contributed by atoms with Crippen molar-refractivity contribution in [3.8, 4) is 5.69 Å². The van der Waals surface area contributed by atoms with Gasteiger partial charge in [0, 0.05) is 11.8 Å². The van der Waals surface area contributed by atoms with Crippen LogP contribution in [0.3, 0.4) is 0 Å². The quantitative estimate of drug-likeness (QED) is 0.522. The molecule has 2 aromatic carbocycles. The second-order valence-electron chi connectivity index (χ2n) is 7.89. The van der Waals surface area contributed by atoms with Crippen molar-refractivity contribution >= 4 is 33.3 Å². The minimum absolute atomic E-state index is 0.131. The normalized spacial score (nSPS) is 18.8. The Morgan fingerprint density at radius 2 is 2.09 bits per heavy atom. The highest BCUT2D eigenvalue weighted by Crippen LogP contribution is 2.31. The molecule has 3 aromatic rings. The summed E-state index contributed by atoms with van der Waals surface area (Å²) in [4.78, 5) is 15.8. The van der Waals surface area contributed by atoms with Gasteiger partial charge in [-0.05, 0) is 71.2 Å². The predicted octanol–water partition coefficient (Wildman–Crippen LogP) is 3.80. The smallest absolute Gasteiger partial charge is 0.174 e. The number of aryl methyl sites for hydroxylation is 2. The number of aliphatic hydroxyl groups is 1. The number of amidine groups is 2. The van der Waals surface area contributed by atoms with Gasteiger partial charge in [-0.25, -0.2) is 19.0 Å². The van der Waals surface area contributed by atoms with Crippen molar-refractivity contribution in [3.63, 3.8) is 0 Å². The fourth-order valence-electron chi connectivity index (χ4n) is 4.03. The molecule has 5 rings (SSSR count). The zero-order chi connectivity index (χ0) is 23.1. The molecule has 0 aliphatic carbocycles. The largest absolute Gasteiger partial charge is 0.392 e. The van der Waals surface area contributed by atoms with Gasteiger partial charge < -0.3 is 15.3 Å². The Kier molecular flexibility index (Phi) is 5.55.